The number of carbonyl (C=O) groups excluding carboxylic acids is 3. The highest BCUT2D eigenvalue weighted by Crippen LogP contribution is 2.19. The highest BCUT2D eigenvalue weighted by molar-refractivity contribution is 6.37. The quantitative estimate of drug-likeness (QED) is 0.428. The van der Waals surface area contributed by atoms with Crippen molar-refractivity contribution in [3.63, 3.8) is 0 Å². The van der Waals surface area contributed by atoms with Crippen LogP contribution in [0.5, 0.6) is 0 Å². The van der Waals surface area contributed by atoms with Gasteiger partial charge >= 0.3 is 17.8 Å². The third kappa shape index (κ3) is 2.21. The van der Waals surface area contributed by atoms with Crippen LogP contribution in [0.2, 0.25) is 0 Å². The summed E-state index contributed by atoms with van der Waals surface area (Å²) in [4.78, 5) is 45.0. The predicted octanol–water partition coefficient (Wildman–Crippen LogP) is -1.98. The summed E-state index contributed by atoms with van der Waals surface area (Å²) >= 11 is 0. The van der Waals surface area contributed by atoms with Crippen LogP contribution in [-0.2, 0) is 14.3 Å². The van der Waals surface area contributed by atoms with Crippen molar-refractivity contribution in [1.82, 2.24) is 14.9 Å². The number of rotatable bonds is 2. The molecule has 2 heterocycles. The molecule has 0 aromatic carbocycles. The lowest BCUT2D eigenvalue weighted by atomic mass is 10.1. The van der Waals surface area contributed by atoms with Crippen molar-refractivity contribution in [2.45, 2.75) is 0 Å². The van der Waals surface area contributed by atoms with Gasteiger partial charge in [-0.25, -0.2) is 9.89 Å². The zero-order valence-electron chi connectivity index (χ0n) is 10.2. The van der Waals surface area contributed by atoms with Gasteiger partial charge in [0, 0.05) is 12.4 Å². The summed E-state index contributed by atoms with van der Waals surface area (Å²) < 4.78 is 5.51. The van der Waals surface area contributed by atoms with Crippen LogP contribution in [0, 0.1) is 0 Å². The molecular formula is C10H9N5O5. The number of esters is 1. The van der Waals surface area contributed by atoms with Crippen molar-refractivity contribution < 1.29 is 19.1 Å². The molecule has 4 N–H and O–H groups in total. The van der Waals surface area contributed by atoms with Crippen molar-refractivity contribution in [2.75, 3.05) is 12.5 Å². The molecule has 10 heteroatoms. The fraction of sp³-hybridized carbons (Fsp3) is 0.100. The minimum atomic E-state index is -1.22. The maximum atomic E-state index is 11.6. The minimum absolute atomic E-state index is 0.0395. The number of carbonyl (C=O) groups is 3. The number of primary amides is 1. The van der Waals surface area contributed by atoms with E-state index in [9.17, 15) is 19.2 Å². The summed E-state index contributed by atoms with van der Waals surface area (Å²) in [5, 5.41) is 5.85. The third-order valence-electron chi connectivity index (χ3n) is 2.42. The number of methoxy groups -OCH3 is 1. The molecule has 2 rings (SSSR count). The van der Waals surface area contributed by atoms with E-state index in [1.165, 1.54) is 6.20 Å². The zero-order chi connectivity index (χ0) is 14.9. The maximum Gasteiger partial charge on any atom is 0.341 e. The van der Waals surface area contributed by atoms with Crippen LogP contribution in [0.25, 0.3) is 11.3 Å². The Labute approximate surface area is 110 Å². The number of aromatic nitrogens is 3. The van der Waals surface area contributed by atoms with Crippen LogP contribution in [-0.4, -0.2) is 39.8 Å². The van der Waals surface area contributed by atoms with E-state index >= 15 is 0 Å². The monoisotopic (exact) mass is 279 g/mol. The number of amides is 2. The normalized spacial score (nSPS) is 10.2. The number of aromatic amines is 1. The molecule has 0 saturated heterocycles. The second-order valence-corrected chi connectivity index (χ2v) is 3.69. The van der Waals surface area contributed by atoms with Crippen LogP contribution >= 0.6 is 0 Å². The SMILES string of the molecule is COC(=O)c1cn(NC(=O)C(N)=O)cc2c(=O)[nH]nc1-2. The molecule has 0 radical (unpaired) electrons. The second kappa shape index (κ2) is 4.84. The van der Waals surface area contributed by atoms with Gasteiger partial charge in [-0.15, -0.1) is 0 Å². The summed E-state index contributed by atoms with van der Waals surface area (Å²) in [5.74, 6) is -3.09. The predicted molar refractivity (Wildman–Crippen MR) is 64.4 cm³/mol. The topological polar surface area (TPSA) is 149 Å². The number of nitrogens with two attached hydrogens (primary N) is 1. The third-order valence-corrected chi connectivity index (χ3v) is 2.42. The molecule has 2 aliphatic heterocycles. The van der Waals surface area contributed by atoms with E-state index in [2.05, 4.69) is 20.4 Å². The van der Waals surface area contributed by atoms with Crippen LogP contribution in [0.3, 0.4) is 0 Å². The van der Waals surface area contributed by atoms with Crippen molar-refractivity contribution in [3.05, 3.63) is 28.3 Å². The highest BCUT2D eigenvalue weighted by atomic mass is 16.5. The molecule has 20 heavy (non-hydrogen) atoms. The molecule has 2 aliphatic rings. The summed E-state index contributed by atoms with van der Waals surface area (Å²) in [6, 6.07) is 0. The van der Waals surface area contributed by atoms with Crippen molar-refractivity contribution in [1.29, 1.82) is 0 Å². The van der Waals surface area contributed by atoms with Crippen LogP contribution < -0.4 is 16.7 Å². The molecule has 0 aromatic rings. The molecule has 0 atom stereocenters. The summed E-state index contributed by atoms with van der Waals surface area (Å²) in [6.45, 7) is 0. The van der Waals surface area contributed by atoms with Gasteiger partial charge in [-0.1, -0.05) is 0 Å². The van der Waals surface area contributed by atoms with Crippen LogP contribution in [0.4, 0.5) is 0 Å². The van der Waals surface area contributed by atoms with Crippen LogP contribution in [0.1, 0.15) is 10.4 Å². The fourth-order valence-corrected chi connectivity index (χ4v) is 1.53. The van der Waals surface area contributed by atoms with Crippen LogP contribution in [0.15, 0.2) is 17.2 Å². The Kier molecular flexibility index (Phi) is 3.21. The van der Waals surface area contributed by atoms with Gasteiger partial charge < -0.3 is 10.5 Å². The van der Waals surface area contributed by atoms with E-state index < -0.39 is 23.3 Å². The molecule has 2 amide bonds. The Morgan fingerprint density at radius 3 is 2.70 bits per heavy atom. The molecule has 0 aromatic heterocycles. The van der Waals surface area contributed by atoms with Gasteiger partial charge in [-0.05, 0) is 0 Å². The number of fused-ring (bicyclic) bond motifs is 1. The van der Waals surface area contributed by atoms with E-state index in [0.717, 1.165) is 18.0 Å². The van der Waals surface area contributed by atoms with Gasteiger partial charge in [0.2, 0.25) is 0 Å². The summed E-state index contributed by atoms with van der Waals surface area (Å²) in [5.41, 5.74) is 6.38. The molecule has 0 saturated carbocycles. The first-order chi connectivity index (χ1) is 9.43. The van der Waals surface area contributed by atoms with Crippen molar-refractivity contribution in [3.8, 4) is 11.3 Å². The average Bonchev–Trinajstić information content (AvgIpc) is 2.79. The Hall–Kier alpha value is -3.17. The number of H-pyrrole nitrogens is 1. The first-order valence-corrected chi connectivity index (χ1v) is 5.23. The smallest absolute Gasteiger partial charge is 0.341 e. The van der Waals surface area contributed by atoms with E-state index in [1.54, 1.807) is 0 Å². The lowest BCUT2D eigenvalue weighted by molar-refractivity contribution is -0.134. The molecule has 0 fully saturated rings. The van der Waals surface area contributed by atoms with Gasteiger partial charge in [0.05, 0.1) is 12.7 Å². The lowest BCUT2D eigenvalue weighted by Gasteiger charge is -2.11. The highest BCUT2D eigenvalue weighted by Gasteiger charge is 2.22. The second-order valence-electron chi connectivity index (χ2n) is 3.69. The Morgan fingerprint density at radius 2 is 2.10 bits per heavy atom. The number of ether oxygens (including phenoxy) is 1. The van der Waals surface area contributed by atoms with Gasteiger partial charge in [0.25, 0.3) is 5.56 Å². The zero-order valence-corrected chi connectivity index (χ0v) is 10.2. The van der Waals surface area contributed by atoms with E-state index in [4.69, 9.17) is 5.73 Å². The Bertz CT molecular complexity index is 730. The van der Waals surface area contributed by atoms with E-state index in [0.29, 0.717) is 0 Å². The number of pyridine rings is 1. The molecule has 104 valence electrons. The number of nitrogens with zero attached hydrogens (tertiary/aromatic N) is 2. The first kappa shape index (κ1) is 13.3. The number of hydrogen-bond acceptors (Lipinski definition) is 6. The number of nitrogens with one attached hydrogen (secondary N) is 2. The largest absolute Gasteiger partial charge is 0.465 e. The van der Waals surface area contributed by atoms with Gasteiger partial charge in [-0.2, -0.15) is 5.10 Å². The molecular weight excluding hydrogens is 270 g/mol. The molecule has 0 unspecified atom stereocenters. The Morgan fingerprint density at radius 1 is 1.40 bits per heavy atom. The minimum Gasteiger partial charge on any atom is -0.465 e. The van der Waals surface area contributed by atoms with Crippen molar-refractivity contribution in [2.24, 2.45) is 5.73 Å². The molecule has 0 bridgehead atoms. The maximum absolute atomic E-state index is 11.6. The molecule has 0 spiro atoms. The summed E-state index contributed by atoms with van der Waals surface area (Å²) in [7, 11) is 1.15. The van der Waals surface area contributed by atoms with Gasteiger partial charge in [0.1, 0.15) is 11.3 Å². The van der Waals surface area contributed by atoms with Gasteiger partial charge in [-0.3, -0.25) is 24.5 Å². The molecule has 0 aliphatic carbocycles. The first-order valence-electron chi connectivity index (χ1n) is 5.23. The van der Waals surface area contributed by atoms with Gasteiger partial charge in [0.15, 0.2) is 0 Å². The summed E-state index contributed by atoms with van der Waals surface area (Å²) in [6.07, 6.45) is 2.34. The lowest BCUT2D eigenvalue weighted by Crippen LogP contribution is -2.35. The van der Waals surface area contributed by atoms with E-state index in [-0.39, 0.29) is 16.8 Å². The number of hydrogen-bond donors (Lipinski definition) is 3. The van der Waals surface area contributed by atoms with Crippen molar-refractivity contribution >= 4 is 17.8 Å². The Balaban J connectivity index is 2.56. The van der Waals surface area contributed by atoms with E-state index in [1.807, 2.05) is 0 Å². The molecule has 10 nitrogen and oxygen atoms in total. The fourth-order valence-electron chi connectivity index (χ4n) is 1.53. The average molecular weight is 279 g/mol. The standard InChI is InChI=1S/C10H9N5O5/c1-20-10(19)5-3-15(14-9(18)7(11)16)2-4-6(5)12-13-8(4)17/h2-3H,1H3,(H2,11,16)(H,13,17)(H,14,18).